The SMILES string of the molecule is Cc1c(OCCCN2CCC2(C)C)cccc1-c1cccc(-c2ccc3c(c2)CCNC3)c1Cl. The van der Waals surface area contributed by atoms with Crippen molar-refractivity contribution in [2.24, 2.45) is 0 Å². The van der Waals surface area contributed by atoms with Crippen LogP contribution in [0.5, 0.6) is 5.75 Å². The molecule has 1 saturated heterocycles. The van der Waals surface area contributed by atoms with Crippen molar-refractivity contribution in [1.82, 2.24) is 10.2 Å². The molecule has 2 aliphatic heterocycles. The Hall–Kier alpha value is -2.33. The minimum atomic E-state index is 0.354. The second kappa shape index (κ2) is 9.73. The summed E-state index contributed by atoms with van der Waals surface area (Å²) in [6.45, 7) is 11.8. The fourth-order valence-corrected chi connectivity index (χ4v) is 5.58. The van der Waals surface area contributed by atoms with E-state index in [0.29, 0.717) is 5.54 Å². The molecular weight excluding hydrogens is 440 g/mol. The van der Waals surface area contributed by atoms with Gasteiger partial charge >= 0.3 is 0 Å². The van der Waals surface area contributed by atoms with Gasteiger partial charge in [0, 0.05) is 36.3 Å². The van der Waals surface area contributed by atoms with E-state index in [9.17, 15) is 0 Å². The van der Waals surface area contributed by atoms with Gasteiger partial charge in [-0.05, 0) is 80.5 Å². The van der Waals surface area contributed by atoms with E-state index in [2.05, 4.69) is 85.6 Å². The van der Waals surface area contributed by atoms with Crippen molar-refractivity contribution in [2.75, 3.05) is 26.2 Å². The molecule has 3 nitrogen and oxygen atoms in total. The minimum absolute atomic E-state index is 0.354. The van der Waals surface area contributed by atoms with Crippen molar-refractivity contribution in [3.8, 4) is 28.0 Å². The van der Waals surface area contributed by atoms with E-state index in [-0.39, 0.29) is 0 Å². The van der Waals surface area contributed by atoms with Crippen LogP contribution in [0.1, 0.15) is 43.4 Å². The van der Waals surface area contributed by atoms with Crippen molar-refractivity contribution in [3.63, 3.8) is 0 Å². The largest absolute Gasteiger partial charge is 0.493 e. The number of nitrogens with one attached hydrogen (secondary N) is 1. The van der Waals surface area contributed by atoms with Crippen LogP contribution in [0.25, 0.3) is 22.3 Å². The number of likely N-dealkylation sites (tertiary alicyclic amines) is 1. The lowest BCUT2D eigenvalue weighted by Gasteiger charge is -2.48. The lowest BCUT2D eigenvalue weighted by Crippen LogP contribution is -2.55. The molecule has 0 aromatic heterocycles. The third kappa shape index (κ3) is 4.62. The van der Waals surface area contributed by atoms with E-state index in [1.54, 1.807) is 0 Å². The standard InChI is InChI=1S/C30H35ClN2O/c1-21-25(7-5-10-28(21)34-18-6-16-33-17-14-30(33,2)3)27-9-4-8-26(29(27)31)23-11-12-24-20-32-15-13-22(24)19-23/h4-5,7-12,19,32H,6,13-18,20H2,1-3H3. The van der Waals surface area contributed by atoms with Crippen LogP contribution in [-0.4, -0.2) is 36.7 Å². The Balaban J connectivity index is 1.35. The topological polar surface area (TPSA) is 24.5 Å². The fourth-order valence-electron chi connectivity index (χ4n) is 5.24. The van der Waals surface area contributed by atoms with Crippen LogP contribution in [-0.2, 0) is 13.0 Å². The van der Waals surface area contributed by atoms with E-state index < -0.39 is 0 Å². The third-order valence-corrected chi connectivity index (χ3v) is 8.06. The molecule has 0 aliphatic carbocycles. The average molecular weight is 475 g/mol. The first-order valence-electron chi connectivity index (χ1n) is 12.5. The first-order valence-corrected chi connectivity index (χ1v) is 12.9. The Bertz CT molecular complexity index is 1190. The van der Waals surface area contributed by atoms with Crippen LogP contribution >= 0.6 is 11.6 Å². The molecule has 3 aromatic rings. The van der Waals surface area contributed by atoms with E-state index in [1.807, 2.05) is 0 Å². The van der Waals surface area contributed by atoms with Crippen molar-refractivity contribution >= 4 is 11.6 Å². The normalized spacial score (nSPS) is 17.2. The molecule has 3 aromatic carbocycles. The van der Waals surface area contributed by atoms with Crippen LogP contribution in [0, 0.1) is 6.92 Å². The molecule has 178 valence electrons. The second-order valence-electron chi connectivity index (χ2n) is 10.3. The molecule has 4 heteroatoms. The molecule has 34 heavy (non-hydrogen) atoms. The summed E-state index contributed by atoms with van der Waals surface area (Å²) in [6, 6.07) is 19.4. The van der Waals surface area contributed by atoms with Crippen LogP contribution < -0.4 is 10.1 Å². The molecule has 0 amide bonds. The maximum Gasteiger partial charge on any atom is 0.122 e. The number of benzene rings is 3. The highest BCUT2D eigenvalue weighted by atomic mass is 35.5. The first kappa shape index (κ1) is 23.4. The summed E-state index contributed by atoms with van der Waals surface area (Å²) in [5.74, 6) is 0.947. The number of hydrogen-bond donors (Lipinski definition) is 1. The van der Waals surface area contributed by atoms with Crippen LogP contribution in [0.4, 0.5) is 0 Å². The zero-order valence-corrected chi connectivity index (χ0v) is 21.3. The monoisotopic (exact) mass is 474 g/mol. The van der Waals surface area contributed by atoms with E-state index >= 15 is 0 Å². The Labute approximate surface area is 209 Å². The summed E-state index contributed by atoms with van der Waals surface area (Å²) < 4.78 is 6.23. The number of halogens is 1. The molecule has 0 unspecified atom stereocenters. The van der Waals surface area contributed by atoms with E-state index in [0.717, 1.165) is 72.1 Å². The molecule has 1 fully saturated rings. The lowest BCUT2D eigenvalue weighted by molar-refractivity contribution is 0.0123. The summed E-state index contributed by atoms with van der Waals surface area (Å²) in [7, 11) is 0. The number of nitrogens with zero attached hydrogens (tertiary/aromatic N) is 1. The third-order valence-electron chi connectivity index (χ3n) is 7.66. The highest BCUT2D eigenvalue weighted by Gasteiger charge is 2.34. The Kier molecular flexibility index (Phi) is 6.70. The Morgan fingerprint density at radius 1 is 1.00 bits per heavy atom. The van der Waals surface area contributed by atoms with Gasteiger partial charge in [0.05, 0.1) is 11.6 Å². The van der Waals surface area contributed by atoms with Gasteiger partial charge in [0.2, 0.25) is 0 Å². The van der Waals surface area contributed by atoms with Crippen LogP contribution in [0.15, 0.2) is 54.6 Å². The van der Waals surface area contributed by atoms with Crippen molar-refractivity contribution in [2.45, 2.75) is 52.1 Å². The van der Waals surface area contributed by atoms with E-state index in [4.69, 9.17) is 16.3 Å². The highest BCUT2D eigenvalue weighted by Crippen LogP contribution is 2.40. The molecule has 1 N–H and O–H groups in total. The lowest BCUT2D eigenvalue weighted by atomic mass is 9.89. The van der Waals surface area contributed by atoms with Gasteiger partial charge in [0.15, 0.2) is 0 Å². The molecule has 0 bridgehead atoms. The van der Waals surface area contributed by atoms with Gasteiger partial charge in [0.1, 0.15) is 5.75 Å². The maximum absolute atomic E-state index is 7.04. The minimum Gasteiger partial charge on any atom is -0.493 e. The number of rotatable bonds is 7. The maximum atomic E-state index is 7.04. The summed E-state index contributed by atoms with van der Waals surface area (Å²) in [4.78, 5) is 2.54. The van der Waals surface area contributed by atoms with Crippen LogP contribution in [0.3, 0.4) is 0 Å². The van der Waals surface area contributed by atoms with Gasteiger partial charge in [-0.3, -0.25) is 4.90 Å². The van der Waals surface area contributed by atoms with E-state index in [1.165, 1.54) is 29.7 Å². The quantitative estimate of drug-likeness (QED) is 0.377. The highest BCUT2D eigenvalue weighted by molar-refractivity contribution is 6.36. The van der Waals surface area contributed by atoms with Crippen LogP contribution in [0.2, 0.25) is 5.02 Å². The molecule has 2 aliphatic rings. The average Bonchev–Trinajstić information content (AvgIpc) is 2.84. The number of fused-ring (bicyclic) bond motifs is 1. The summed E-state index contributed by atoms with van der Waals surface area (Å²) in [6.07, 6.45) is 3.39. The van der Waals surface area contributed by atoms with Gasteiger partial charge in [-0.15, -0.1) is 0 Å². The fraction of sp³-hybridized carbons (Fsp3) is 0.400. The molecule has 0 spiro atoms. The summed E-state index contributed by atoms with van der Waals surface area (Å²) in [5.41, 5.74) is 8.77. The zero-order chi connectivity index (χ0) is 23.7. The smallest absolute Gasteiger partial charge is 0.122 e. The van der Waals surface area contributed by atoms with Gasteiger partial charge in [-0.25, -0.2) is 0 Å². The number of ether oxygens (including phenoxy) is 1. The van der Waals surface area contributed by atoms with Crippen molar-refractivity contribution in [1.29, 1.82) is 0 Å². The molecule has 0 radical (unpaired) electrons. The molecule has 5 rings (SSSR count). The predicted octanol–water partition coefficient (Wildman–Crippen LogP) is 6.88. The van der Waals surface area contributed by atoms with Gasteiger partial charge in [-0.2, -0.15) is 0 Å². The molecule has 2 heterocycles. The number of hydrogen-bond acceptors (Lipinski definition) is 3. The molecular formula is C30H35ClN2O. The van der Waals surface area contributed by atoms with Gasteiger partial charge < -0.3 is 10.1 Å². The summed E-state index contributed by atoms with van der Waals surface area (Å²) >= 11 is 7.04. The van der Waals surface area contributed by atoms with Gasteiger partial charge in [-0.1, -0.05) is 60.1 Å². The van der Waals surface area contributed by atoms with Gasteiger partial charge in [0.25, 0.3) is 0 Å². The Morgan fingerprint density at radius 3 is 2.59 bits per heavy atom. The second-order valence-corrected chi connectivity index (χ2v) is 10.6. The first-order chi connectivity index (χ1) is 16.4. The zero-order valence-electron chi connectivity index (χ0n) is 20.6. The molecule has 0 saturated carbocycles. The molecule has 0 atom stereocenters. The van der Waals surface area contributed by atoms with Crippen molar-refractivity contribution < 1.29 is 4.74 Å². The van der Waals surface area contributed by atoms with Crippen molar-refractivity contribution in [3.05, 3.63) is 76.3 Å². The summed E-state index contributed by atoms with van der Waals surface area (Å²) in [5, 5.41) is 4.25. The predicted molar refractivity (Wildman–Crippen MR) is 143 cm³/mol. The Morgan fingerprint density at radius 2 is 1.79 bits per heavy atom.